The lowest BCUT2D eigenvalue weighted by atomic mass is 10.0. The van der Waals surface area contributed by atoms with Gasteiger partial charge in [-0.3, -0.25) is 4.79 Å². The van der Waals surface area contributed by atoms with E-state index in [2.05, 4.69) is 10.3 Å². The zero-order chi connectivity index (χ0) is 20.3. The van der Waals surface area contributed by atoms with Crippen LogP contribution in [0.1, 0.15) is 5.56 Å². The Kier molecular flexibility index (Phi) is 5.75. The molecule has 28 heavy (non-hydrogen) atoms. The summed E-state index contributed by atoms with van der Waals surface area (Å²) in [5, 5.41) is 3.62. The lowest BCUT2D eigenvalue weighted by molar-refractivity contribution is -0.119. The molecule has 0 aliphatic heterocycles. The Hall–Kier alpha value is -3.19. The number of halogens is 1. The summed E-state index contributed by atoms with van der Waals surface area (Å²) in [7, 11) is 4.42. The SMILES string of the molecule is COCC(=O)Nc1ccc2nc(-c3cc(OC)c(OC)cc3F)cc(C)c2c1. The Labute approximate surface area is 162 Å². The minimum atomic E-state index is -0.452. The molecule has 1 N–H and O–H groups in total. The lowest BCUT2D eigenvalue weighted by Gasteiger charge is -2.13. The number of aryl methyl sites for hydroxylation is 1. The fraction of sp³-hybridized carbons (Fsp3) is 0.238. The molecule has 146 valence electrons. The number of fused-ring (bicyclic) bond motifs is 1. The molecule has 1 heterocycles. The summed E-state index contributed by atoms with van der Waals surface area (Å²) in [6.45, 7) is 1.89. The van der Waals surface area contributed by atoms with Crippen molar-refractivity contribution in [1.82, 2.24) is 4.98 Å². The number of pyridine rings is 1. The molecule has 7 heteroatoms. The van der Waals surface area contributed by atoms with Crippen LogP contribution in [0.5, 0.6) is 11.5 Å². The van der Waals surface area contributed by atoms with Gasteiger partial charge in [0.15, 0.2) is 11.5 Å². The maximum atomic E-state index is 14.6. The van der Waals surface area contributed by atoms with E-state index in [9.17, 15) is 9.18 Å². The predicted octanol–water partition coefficient (Wildman–Crippen LogP) is 3.95. The molecule has 3 aromatic rings. The number of amides is 1. The lowest BCUT2D eigenvalue weighted by Crippen LogP contribution is -2.17. The molecule has 0 fully saturated rings. The Morgan fingerprint density at radius 2 is 1.79 bits per heavy atom. The Morgan fingerprint density at radius 3 is 2.46 bits per heavy atom. The zero-order valence-electron chi connectivity index (χ0n) is 16.1. The van der Waals surface area contributed by atoms with Gasteiger partial charge >= 0.3 is 0 Å². The van der Waals surface area contributed by atoms with Crippen molar-refractivity contribution in [3.63, 3.8) is 0 Å². The number of hydrogen-bond donors (Lipinski definition) is 1. The number of anilines is 1. The quantitative estimate of drug-likeness (QED) is 0.697. The van der Waals surface area contributed by atoms with Crippen molar-refractivity contribution in [2.75, 3.05) is 33.3 Å². The van der Waals surface area contributed by atoms with Gasteiger partial charge in [0.25, 0.3) is 0 Å². The van der Waals surface area contributed by atoms with Crippen molar-refractivity contribution < 1.29 is 23.4 Å². The first-order valence-electron chi connectivity index (χ1n) is 8.59. The van der Waals surface area contributed by atoms with Crippen LogP contribution in [0.15, 0.2) is 36.4 Å². The summed E-state index contributed by atoms with van der Waals surface area (Å²) in [4.78, 5) is 16.3. The van der Waals surface area contributed by atoms with E-state index in [1.807, 2.05) is 13.0 Å². The van der Waals surface area contributed by atoms with Gasteiger partial charge in [-0.1, -0.05) is 0 Å². The van der Waals surface area contributed by atoms with Crippen molar-refractivity contribution in [2.45, 2.75) is 6.92 Å². The van der Waals surface area contributed by atoms with Gasteiger partial charge < -0.3 is 19.5 Å². The molecule has 6 nitrogen and oxygen atoms in total. The van der Waals surface area contributed by atoms with Crippen LogP contribution in [0.25, 0.3) is 22.2 Å². The number of nitrogens with one attached hydrogen (secondary N) is 1. The Bertz CT molecular complexity index is 1040. The van der Waals surface area contributed by atoms with Gasteiger partial charge in [-0.25, -0.2) is 9.37 Å². The highest BCUT2D eigenvalue weighted by atomic mass is 19.1. The van der Waals surface area contributed by atoms with Crippen LogP contribution in [0, 0.1) is 12.7 Å². The number of hydrogen-bond acceptors (Lipinski definition) is 5. The maximum absolute atomic E-state index is 14.6. The number of benzene rings is 2. The molecule has 3 rings (SSSR count). The van der Waals surface area contributed by atoms with Gasteiger partial charge in [0.1, 0.15) is 12.4 Å². The first-order valence-corrected chi connectivity index (χ1v) is 8.59. The second kappa shape index (κ2) is 8.22. The molecule has 0 atom stereocenters. The highest BCUT2D eigenvalue weighted by molar-refractivity contribution is 5.95. The highest BCUT2D eigenvalue weighted by Crippen LogP contribution is 2.35. The average molecular weight is 384 g/mol. The van der Waals surface area contributed by atoms with Crippen LogP contribution in [0.4, 0.5) is 10.1 Å². The normalized spacial score (nSPS) is 10.8. The number of carbonyl (C=O) groups is 1. The number of ether oxygens (including phenoxy) is 3. The fourth-order valence-corrected chi connectivity index (χ4v) is 2.99. The third-order valence-corrected chi connectivity index (χ3v) is 4.32. The van der Waals surface area contributed by atoms with Crippen LogP contribution in [-0.2, 0) is 9.53 Å². The summed E-state index contributed by atoms with van der Waals surface area (Å²) in [6, 6.07) is 10.0. The van der Waals surface area contributed by atoms with E-state index in [0.29, 0.717) is 34.0 Å². The van der Waals surface area contributed by atoms with E-state index >= 15 is 0 Å². The van der Waals surface area contributed by atoms with E-state index in [1.54, 1.807) is 24.3 Å². The number of methoxy groups -OCH3 is 3. The Balaban J connectivity index is 2.04. The second-order valence-corrected chi connectivity index (χ2v) is 6.22. The number of aromatic nitrogens is 1. The molecule has 0 unspecified atom stereocenters. The minimum absolute atomic E-state index is 0.0210. The molecule has 0 spiro atoms. The molecule has 1 aromatic heterocycles. The van der Waals surface area contributed by atoms with Crippen molar-refractivity contribution in [3.05, 3.63) is 47.8 Å². The summed E-state index contributed by atoms with van der Waals surface area (Å²) in [5.41, 5.74) is 3.04. The van der Waals surface area contributed by atoms with Crippen molar-refractivity contribution >= 4 is 22.5 Å². The van der Waals surface area contributed by atoms with E-state index in [0.717, 1.165) is 10.9 Å². The average Bonchev–Trinajstić information content (AvgIpc) is 2.68. The monoisotopic (exact) mass is 384 g/mol. The highest BCUT2D eigenvalue weighted by Gasteiger charge is 2.15. The topological polar surface area (TPSA) is 69.7 Å². The number of rotatable bonds is 6. The first kappa shape index (κ1) is 19.6. The number of nitrogens with zero attached hydrogens (tertiary/aromatic N) is 1. The predicted molar refractivity (Wildman–Crippen MR) is 105 cm³/mol. The third-order valence-electron chi connectivity index (χ3n) is 4.32. The molecule has 0 saturated heterocycles. The molecular weight excluding hydrogens is 363 g/mol. The van der Waals surface area contributed by atoms with Gasteiger partial charge in [0.05, 0.1) is 25.4 Å². The van der Waals surface area contributed by atoms with Gasteiger partial charge in [0.2, 0.25) is 5.91 Å². The Morgan fingerprint density at radius 1 is 1.07 bits per heavy atom. The maximum Gasteiger partial charge on any atom is 0.250 e. The zero-order valence-corrected chi connectivity index (χ0v) is 16.1. The molecule has 0 saturated carbocycles. The molecule has 0 aliphatic rings. The van der Waals surface area contributed by atoms with Crippen LogP contribution >= 0.6 is 0 Å². The van der Waals surface area contributed by atoms with Crippen LogP contribution in [0.2, 0.25) is 0 Å². The van der Waals surface area contributed by atoms with Crippen LogP contribution in [-0.4, -0.2) is 38.8 Å². The fourth-order valence-electron chi connectivity index (χ4n) is 2.99. The van der Waals surface area contributed by atoms with E-state index in [1.165, 1.54) is 27.4 Å². The molecule has 2 aromatic carbocycles. The molecule has 1 amide bonds. The van der Waals surface area contributed by atoms with Crippen LogP contribution < -0.4 is 14.8 Å². The van der Waals surface area contributed by atoms with Crippen LogP contribution in [0.3, 0.4) is 0 Å². The largest absolute Gasteiger partial charge is 0.493 e. The van der Waals surface area contributed by atoms with Gasteiger partial charge in [-0.05, 0) is 42.8 Å². The van der Waals surface area contributed by atoms with Crippen molar-refractivity contribution in [2.24, 2.45) is 0 Å². The first-order chi connectivity index (χ1) is 13.5. The summed E-state index contributed by atoms with van der Waals surface area (Å²) >= 11 is 0. The van der Waals surface area contributed by atoms with Gasteiger partial charge in [0, 0.05) is 29.8 Å². The molecular formula is C21H21FN2O4. The van der Waals surface area contributed by atoms with Crippen molar-refractivity contribution in [3.8, 4) is 22.8 Å². The number of carbonyl (C=O) groups excluding carboxylic acids is 1. The molecule has 0 radical (unpaired) electrons. The van der Waals surface area contributed by atoms with Crippen molar-refractivity contribution in [1.29, 1.82) is 0 Å². The van der Waals surface area contributed by atoms with E-state index in [4.69, 9.17) is 14.2 Å². The van der Waals surface area contributed by atoms with Gasteiger partial charge in [-0.15, -0.1) is 0 Å². The summed E-state index contributed by atoms with van der Waals surface area (Å²) in [5.74, 6) is 0.0520. The van der Waals surface area contributed by atoms with Gasteiger partial charge in [-0.2, -0.15) is 0 Å². The minimum Gasteiger partial charge on any atom is -0.493 e. The smallest absolute Gasteiger partial charge is 0.250 e. The summed E-state index contributed by atoms with van der Waals surface area (Å²) < 4.78 is 29.8. The second-order valence-electron chi connectivity index (χ2n) is 6.22. The summed E-state index contributed by atoms with van der Waals surface area (Å²) in [6.07, 6.45) is 0. The van der Waals surface area contributed by atoms with E-state index in [-0.39, 0.29) is 12.5 Å². The standard InChI is InChI=1S/C21H21FN2O4/c1-12-7-18(15-9-19(27-3)20(28-4)10-16(15)22)24-17-6-5-13(8-14(12)17)23-21(25)11-26-2/h5-10H,11H2,1-4H3,(H,23,25). The van der Waals surface area contributed by atoms with E-state index < -0.39 is 5.82 Å². The molecule has 0 aliphatic carbocycles. The molecule has 0 bridgehead atoms. The third kappa shape index (κ3) is 3.89.